The number of nitro benzene ring substituents is 2. The van der Waals surface area contributed by atoms with E-state index in [9.17, 15) is 25.0 Å². The second-order valence-electron chi connectivity index (χ2n) is 4.01. The van der Waals surface area contributed by atoms with E-state index >= 15 is 0 Å². The Hall–Kier alpha value is -1.64. The van der Waals surface area contributed by atoms with E-state index < -0.39 is 26.5 Å². The van der Waals surface area contributed by atoms with Crippen LogP contribution >= 0.6 is 34.8 Å². The first kappa shape index (κ1) is 18.4. The third-order valence-electron chi connectivity index (χ3n) is 2.75. The Morgan fingerprint density at radius 1 is 1.05 bits per heavy atom. The Bertz CT molecular complexity index is 605. The van der Waals surface area contributed by atoms with Crippen molar-refractivity contribution in [2.24, 2.45) is 0 Å². The van der Waals surface area contributed by atoms with Crippen LogP contribution in [0.4, 0.5) is 17.1 Å². The van der Waals surface area contributed by atoms with E-state index in [0.717, 1.165) is 12.1 Å². The minimum absolute atomic E-state index is 0.0820. The molecule has 0 aliphatic rings. The van der Waals surface area contributed by atoms with E-state index in [1.54, 1.807) is 0 Å². The van der Waals surface area contributed by atoms with Gasteiger partial charge < -0.3 is 4.90 Å². The summed E-state index contributed by atoms with van der Waals surface area (Å²) in [6, 6.07) is 1.73. The molecule has 0 aliphatic heterocycles. The fourth-order valence-electron chi connectivity index (χ4n) is 1.83. The lowest BCUT2D eigenvalue weighted by atomic mass is 10.1. The second kappa shape index (κ2) is 8.11. The third kappa shape index (κ3) is 4.19. The number of benzene rings is 1. The van der Waals surface area contributed by atoms with Gasteiger partial charge in [0.05, 0.1) is 21.1 Å². The third-order valence-corrected chi connectivity index (χ3v) is 3.29. The molecule has 1 aromatic carbocycles. The van der Waals surface area contributed by atoms with Gasteiger partial charge in [0, 0.05) is 37.0 Å². The highest BCUT2D eigenvalue weighted by atomic mass is 35.5. The van der Waals surface area contributed by atoms with Crippen LogP contribution in [0.5, 0.6) is 0 Å². The lowest BCUT2D eigenvalue weighted by molar-refractivity contribution is -0.422. The van der Waals surface area contributed by atoms with Gasteiger partial charge in [0.1, 0.15) is 0 Å². The molecule has 0 bridgehead atoms. The van der Waals surface area contributed by atoms with Crippen molar-refractivity contribution >= 4 is 57.1 Å². The minimum atomic E-state index is -0.970. The van der Waals surface area contributed by atoms with Crippen LogP contribution in [0.1, 0.15) is 10.4 Å². The number of halogens is 3. The monoisotopic (exact) mass is 369 g/mol. The number of nitrogens with zero attached hydrogens (tertiary/aromatic N) is 3. The van der Waals surface area contributed by atoms with E-state index in [0.29, 0.717) is 0 Å². The standard InChI is InChI=1S/C11H10Cl3N3O5/c12-1-3-15(4-2-13)8-6-10(17(21)22)9(16(19)20)5-7(8)11(14)18/h5-6H,1-4H2. The van der Waals surface area contributed by atoms with Gasteiger partial charge in [-0.25, -0.2) is 0 Å². The molecule has 1 aromatic rings. The molecule has 11 heteroatoms. The average molecular weight is 371 g/mol. The summed E-state index contributed by atoms with van der Waals surface area (Å²) >= 11 is 16.7. The lowest BCUT2D eigenvalue weighted by Gasteiger charge is -2.24. The normalized spacial score (nSPS) is 10.3. The summed E-state index contributed by atoms with van der Waals surface area (Å²) in [5.74, 6) is 0.329. The molecule has 8 nitrogen and oxygen atoms in total. The van der Waals surface area contributed by atoms with Gasteiger partial charge in [-0.1, -0.05) is 0 Å². The van der Waals surface area contributed by atoms with E-state index in [4.69, 9.17) is 34.8 Å². The maximum Gasteiger partial charge on any atom is 0.348 e. The Morgan fingerprint density at radius 3 is 1.86 bits per heavy atom. The smallest absolute Gasteiger partial charge is 0.348 e. The molecule has 0 fully saturated rings. The van der Waals surface area contributed by atoms with Crippen molar-refractivity contribution in [1.29, 1.82) is 0 Å². The molecule has 0 saturated heterocycles. The second-order valence-corrected chi connectivity index (χ2v) is 5.11. The van der Waals surface area contributed by atoms with Crippen LogP contribution in [-0.2, 0) is 0 Å². The topological polar surface area (TPSA) is 107 Å². The molecule has 120 valence electrons. The summed E-state index contributed by atoms with van der Waals surface area (Å²) in [6.45, 7) is 0.473. The quantitative estimate of drug-likeness (QED) is 0.301. The van der Waals surface area contributed by atoms with E-state index in [1.165, 1.54) is 4.90 Å². The maximum atomic E-state index is 11.5. The maximum absolute atomic E-state index is 11.5. The first-order valence-corrected chi connectivity index (χ1v) is 7.31. The van der Waals surface area contributed by atoms with Gasteiger partial charge in [-0.3, -0.25) is 25.0 Å². The lowest BCUT2D eigenvalue weighted by Crippen LogP contribution is -2.29. The molecular weight excluding hydrogens is 360 g/mol. The minimum Gasteiger partial charge on any atom is -0.368 e. The molecule has 22 heavy (non-hydrogen) atoms. The largest absolute Gasteiger partial charge is 0.368 e. The fourth-order valence-corrected chi connectivity index (χ4v) is 2.39. The molecule has 0 amide bonds. The van der Waals surface area contributed by atoms with Crippen molar-refractivity contribution in [1.82, 2.24) is 0 Å². The fraction of sp³-hybridized carbons (Fsp3) is 0.364. The average Bonchev–Trinajstić information content (AvgIpc) is 2.45. The van der Waals surface area contributed by atoms with Gasteiger partial charge in [0.2, 0.25) is 0 Å². The van der Waals surface area contributed by atoms with Crippen molar-refractivity contribution in [3.63, 3.8) is 0 Å². The zero-order valence-corrected chi connectivity index (χ0v) is 13.3. The van der Waals surface area contributed by atoms with Crippen molar-refractivity contribution in [2.45, 2.75) is 0 Å². The Balaban J connectivity index is 3.59. The number of hydrogen-bond donors (Lipinski definition) is 0. The molecule has 0 saturated carbocycles. The van der Waals surface area contributed by atoms with Crippen LogP contribution in [0.2, 0.25) is 0 Å². The number of alkyl halides is 2. The van der Waals surface area contributed by atoms with Crippen LogP contribution in [0, 0.1) is 20.2 Å². The number of nitro groups is 2. The molecule has 0 atom stereocenters. The number of hydrogen-bond acceptors (Lipinski definition) is 6. The first-order chi connectivity index (χ1) is 10.3. The molecule has 0 unspecified atom stereocenters. The van der Waals surface area contributed by atoms with Gasteiger partial charge in [-0.05, 0) is 11.6 Å². The van der Waals surface area contributed by atoms with Gasteiger partial charge in [-0.2, -0.15) is 0 Å². The number of carbonyl (C=O) groups excluding carboxylic acids is 1. The highest BCUT2D eigenvalue weighted by Crippen LogP contribution is 2.35. The van der Waals surface area contributed by atoms with Crippen molar-refractivity contribution in [3.05, 3.63) is 37.9 Å². The molecule has 0 aromatic heterocycles. The molecule has 0 spiro atoms. The molecule has 0 radical (unpaired) electrons. The van der Waals surface area contributed by atoms with Crippen LogP contribution in [0.3, 0.4) is 0 Å². The molecule has 0 N–H and O–H groups in total. The summed E-state index contributed by atoms with van der Waals surface area (Å²) in [4.78, 5) is 33.1. The van der Waals surface area contributed by atoms with Crippen molar-refractivity contribution in [2.75, 3.05) is 29.7 Å². The Labute approximate surface area is 139 Å². The highest BCUT2D eigenvalue weighted by molar-refractivity contribution is 6.68. The number of rotatable bonds is 8. The Kier molecular flexibility index (Phi) is 6.79. The van der Waals surface area contributed by atoms with Crippen LogP contribution in [0.25, 0.3) is 0 Å². The number of anilines is 1. The molecule has 0 aliphatic carbocycles. The highest BCUT2D eigenvalue weighted by Gasteiger charge is 2.30. The zero-order valence-electron chi connectivity index (χ0n) is 11.0. The van der Waals surface area contributed by atoms with Crippen molar-refractivity contribution in [3.8, 4) is 0 Å². The molecule has 1 rings (SSSR count). The van der Waals surface area contributed by atoms with E-state index in [2.05, 4.69) is 0 Å². The van der Waals surface area contributed by atoms with E-state index in [1.807, 2.05) is 0 Å². The van der Waals surface area contributed by atoms with Crippen LogP contribution < -0.4 is 4.90 Å². The summed E-state index contributed by atoms with van der Waals surface area (Å²) in [7, 11) is 0. The van der Waals surface area contributed by atoms with Crippen LogP contribution in [-0.4, -0.2) is 39.9 Å². The van der Waals surface area contributed by atoms with Gasteiger partial charge in [-0.15, -0.1) is 23.2 Å². The predicted molar refractivity (Wildman–Crippen MR) is 83.6 cm³/mol. The summed E-state index contributed by atoms with van der Waals surface area (Å²) in [5.41, 5.74) is -1.68. The number of carbonyl (C=O) groups is 1. The Morgan fingerprint density at radius 2 is 1.50 bits per heavy atom. The van der Waals surface area contributed by atoms with Crippen molar-refractivity contribution < 1.29 is 14.6 Å². The summed E-state index contributed by atoms with van der Waals surface area (Å²) in [6.07, 6.45) is 0. The van der Waals surface area contributed by atoms with Gasteiger partial charge in [0.15, 0.2) is 0 Å². The van der Waals surface area contributed by atoms with Gasteiger partial charge >= 0.3 is 11.4 Å². The van der Waals surface area contributed by atoms with E-state index in [-0.39, 0.29) is 36.1 Å². The molecule has 0 heterocycles. The van der Waals surface area contributed by atoms with Gasteiger partial charge in [0.25, 0.3) is 5.24 Å². The van der Waals surface area contributed by atoms with Crippen LogP contribution in [0.15, 0.2) is 12.1 Å². The predicted octanol–water partition coefficient (Wildman–Crippen LogP) is 3.17. The zero-order chi connectivity index (χ0) is 16.9. The summed E-state index contributed by atoms with van der Waals surface area (Å²) in [5, 5.41) is 21.0. The SMILES string of the molecule is O=C(Cl)c1cc([N+](=O)[O-])c([N+](=O)[O-])cc1N(CCCl)CCCl. The first-order valence-electron chi connectivity index (χ1n) is 5.87. The molecular formula is C11H10Cl3N3O5. The summed E-state index contributed by atoms with van der Waals surface area (Å²) < 4.78 is 0.